The molecule has 0 saturated heterocycles. The van der Waals surface area contributed by atoms with E-state index in [-0.39, 0.29) is 23.7 Å². The van der Waals surface area contributed by atoms with E-state index in [1.54, 1.807) is 19.2 Å². The lowest BCUT2D eigenvalue weighted by molar-refractivity contribution is 0.0210. The van der Waals surface area contributed by atoms with Crippen molar-refractivity contribution in [3.63, 3.8) is 0 Å². The second kappa shape index (κ2) is 13.7. The average molecular weight is 499 g/mol. The summed E-state index contributed by atoms with van der Waals surface area (Å²) in [6.07, 6.45) is 0.115. The molecule has 0 atom stereocenters. The summed E-state index contributed by atoms with van der Waals surface area (Å²) in [5, 5.41) is 0. The van der Waals surface area contributed by atoms with Crippen molar-refractivity contribution in [3.8, 4) is 0 Å². The molecule has 0 aromatic heterocycles. The van der Waals surface area contributed by atoms with Gasteiger partial charge in [0.2, 0.25) is 0 Å². The van der Waals surface area contributed by atoms with E-state index in [0.29, 0.717) is 26.1 Å². The smallest absolute Gasteiger partial charge is 0.339 e. The van der Waals surface area contributed by atoms with Crippen molar-refractivity contribution in [2.75, 3.05) is 33.5 Å². The van der Waals surface area contributed by atoms with Crippen LogP contribution < -0.4 is 0 Å². The van der Waals surface area contributed by atoms with Crippen LogP contribution in [0.1, 0.15) is 21.5 Å². The Labute approximate surface area is 206 Å². The molecule has 35 heavy (non-hydrogen) atoms. The molecule has 0 aliphatic carbocycles. The highest BCUT2D eigenvalue weighted by Gasteiger charge is 2.28. The van der Waals surface area contributed by atoms with Gasteiger partial charge in [0.1, 0.15) is 11.5 Å². The van der Waals surface area contributed by atoms with Crippen LogP contribution in [-0.4, -0.2) is 54.0 Å². The zero-order chi connectivity index (χ0) is 24.9. The van der Waals surface area contributed by atoms with Crippen LogP contribution in [0.5, 0.6) is 0 Å². The van der Waals surface area contributed by atoms with E-state index in [0.717, 1.165) is 11.1 Å². The first-order chi connectivity index (χ1) is 17.0. The minimum Gasteiger partial charge on any atom is -0.460 e. The predicted octanol–water partition coefficient (Wildman–Crippen LogP) is 4.07. The van der Waals surface area contributed by atoms with Gasteiger partial charge >= 0.3 is 5.97 Å². The molecule has 7 nitrogen and oxygen atoms in total. The summed E-state index contributed by atoms with van der Waals surface area (Å²) in [6.45, 7) is 0.968. The third kappa shape index (κ3) is 8.60. The van der Waals surface area contributed by atoms with Gasteiger partial charge in [0.05, 0.1) is 31.5 Å². The molecule has 0 radical (unpaired) electrons. The highest BCUT2D eigenvalue weighted by atomic mass is 32.2. The van der Waals surface area contributed by atoms with Crippen LogP contribution in [0.3, 0.4) is 0 Å². The predicted molar refractivity (Wildman–Crippen MR) is 132 cm³/mol. The summed E-state index contributed by atoms with van der Waals surface area (Å²) in [7, 11) is -2.70. The Morgan fingerprint density at radius 2 is 1.29 bits per heavy atom. The number of carbonyl (C=O) groups is 1. The maximum absolute atomic E-state index is 13.3. The van der Waals surface area contributed by atoms with Crippen molar-refractivity contribution in [1.29, 1.82) is 0 Å². The number of methoxy groups -OCH3 is 1. The first kappa shape index (κ1) is 26.6. The van der Waals surface area contributed by atoms with Crippen LogP contribution in [0.4, 0.5) is 0 Å². The van der Waals surface area contributed by atoms with Gasteiger partial charge in [-0.25, -0.2) is 4.79 Å². The van der Waals surface area contributed by atoms with Gasteiger partial charge in [0, 0.05) is 20.0 Å². The normalized spacial score (nSPS) is 11.5. The fourth-order valence-corrected chi connectivity index (χ4v) is 4.76. The molecule has 0 heterocycles. The Bertz CT molecular complexity index is 1110. The van der Waals surface area contributed by atoms with Crippen LogP contribution >= 0.6 is 0 Å². The van der Waals surface area contributed by atoms with Crippen molar-refractivity contribution in [3.05, 3.63) is 102 Å². The zero-order valence-electron chi connectivity index (χ0n) is 19.7. The Kier molecular flexibility index (Phi) is 10.4. The van der Waals surface area contributed by atoms with Gasteiger partial charge < -0.3 is 14.2 Å². The molecular formula is C27H30O7S. The second-order valence-corrected chi connectivity index (χ2v) is 9.33. The Morgan fingerprint density at radius 1 is 0.743 bits per heavy atom. The molecule has 3 aromatic rings. The molecular weight excluding hydrogens is 468 g/mol. The number of hydrogen-bond donors (Lipinski definition) is 0. The highest BCUT2D eigenvalue weighted by molar-refractivity contribution is 7.86. The zero-order valence-corrected chi connectivity index (χ0v) is 20.5. The molecule has 3 rings (SSSR count). The third-order valence-corrected chi connectivity index (χ3v) is 6.56. The Hall–Kier alpha value is -3.04. The summed E-state index contributed by atoms with van der Waals surface area (Å²) < 4.78 is 47.8. The SMILES string of the molecule is COCCOCCOC(=O)c1ccccc1S(=O)(=O)OC(Cc1ccccc1)Cc1ccccc1. The Balaban J connectivity index is 1.75. The topological polar surface area (TPSA) is 88.1 Å². The number of carbonyl (C=O) groups excluding carboxylic acids is 1. The molecule has 3 aromatic carbocycles. The van der Waals surface area contributed by atoms with Gasteiger partial charge in [0.25, 0.3) is 10.1 Å². The van der Waals surface area contributed by atoms with Crippen molar-refractivity contribution < 1.29 is 31.6 Å². The first-order valence-corrected chi connectivity index (χ1v) is 12.7. The van der Waals surface area contributed by atoms with Gasteiger partial charge in [-0.05, 0) is 23.3 Å². The van der Waals surface area contributed by atoms with Gasteiger partial charge in [-0.1, -0.05) is 72.8 Å². The fraction of sp³-hybridized carbons (Fsp3) is 0.296. The van der Waals surface area contributed by atoms with Gasteiger partial charge in [-0.3, -0.25) is 4.18 Å². The van der Waals surface area contributed by atoms with Gasteiger partial charge in [-0.2, -0.15) is 8.42 Å². The summed E-state index contributed by atoms with van der Waals surface area (Å²) in [4.78, 5) is 12.4. The van der Waals surface area contributed by atoms with Crippen LogP contribution in [0, 0.1) is 0 Å². The molecule has 0 saturated carbocycles. The van der Waals surface area contributed by atoms with E-state index in [9.17, 15) is 13.2 Å². The maximum atomic E-state index is 13.3. The number of benzene rings is 3. The van der Waals surface area contributed by atoms with Crippen LogP contribution in [-0.2, 0) is 41.4 Å². The van der Waals surface area contributed by atoms with E-state index in [1.807, 2.05) is 60.7 Å². The van der Waals surface area contributed by atoms with E-state index >= 15 is 0 Å². The van der Waals surface area contributed by atoms with Crippen LogP contribution in [0.2, 0.25) is 0 Å². The van der Waals surface area contributed by atoms with Gasteiger partial charge in [-0.15, -0.1) is 0 Å². The van der Waals surface area contributed by atoms with E-state index in [4.69, 9.17) is 18.4 Å². The fourth-order valence-electron chi connectivity index (χ4n) is 3.49. The maximum Gasteiger partial charge on any atom is 0.339 e. The molecule has 0 N–H and O–H groups in total. The molecule has 186 valence electrons. The summed E-state index contributed by atoms with van der Waals surface area (Å²) in [6, 6.07) is 25.0. The molecule has 0 spiro atoms. The highest BCUT2D eigenvalue weighted by Crippen LogP contribution is 2.23. The monoisotopic (exact) mass is 498 g/mol. The Morgan fingerprint density at radius 3 is 1.89 bits per heavy atom. The minimum absolute atomic E-state index is 0.0115. The summed E-state index contributed by atoms with van der Waals surface area (Å²) >= 11 is 0. The van der Waals surface area contributed by atoms with Gasteiger partial charge in [0.15, 0.2) is 0 Å². The average Bonchev–Trinajstić information content (AvgIpc) is 2.87. The molecule has 0 aliphatic rings. The third-order valence-electron chi connectivity index (χ3n) is 5.14. The number of rotatable bonds is 14. The molecule has 8 heteroatoms. The van der Waals surface area contributed by atoms with E-state index in [2.05, 4.69) is 0 Å². The van der Waals surface area contributed by atoms with Crippen LogP contribution in [0.25, 0.3) is 0 Å². The van der Waals surface area contributed by atoms with Crippen LogP contribution in [0.15, 0.2) is 89.8 Å². The summed E-state index contributed by atoms with van der Waals surface area (Å²) in [5.74, 6) is -0.759. The number of hydrogen-bond acceptors (Lipinski definition) is 7. The van der Waals surface area contributed by atoms with Crippen molar-refractivity contribution in [1.82, 2.24) is 0 Å². The van der Waals surface area contributed by atoms with E-state index < -0.39 is 22.2 Å². The largest absolute Gasteiger partial charge is 0.460 e. The quantitative estimate of drug-likeness (QED) is 0.188. The van der Waals surface area contributed by atoms with Crippen molar-refractivity contribution in [2.45, 2.75) is 23.8 Å². The van der Waals surface area contributed by atoms with E-state index in [1.165, 1.54) is 12.1 Å². The molecule has 0 bridgehead atoms. The van der Waals surface area contributed by atoms with Crippen molar-refractivity contribution >= 4 is 16.1 Å². The standard InChI is InChI=1S/C27H30O7S/c1-31-16-17-32-18-19-33-27(28)25-14-8-9-15-26(25)35(29,30)34-24(20-22-10-4-2-5-11-22)21-23-12-6-3-7-13-23/h2-15,24H,16-21H2,1H3. The first-order valence-electron chi connectivity index (χ1n) is 11.3. The number of ether oxygens (including phenoxy) is 3. The summed E-state index contributed by atoms with van der Waals surface area (Å²) in [5.41, 5.74) is 1.82. The number of esters is 1. The molecule has 0 fully saturated rings. The second-order valence-electron chi connectivity index (χ2n) is 7.79. The lowest BCUT2D eigenvalue weighted by Crippen LogP contribution is -2.25. The molecule has 0 aliphatic heterocycles. The lowest BCUT2D eigenvalue weighted by Gasteiger charge is -2.19. The molecule has 0 unspecified atom stereocenters. The van der Waals surface area contributed by atoms with Crippen molar-refractivity contribution in [2.24, 2.45) is 0 Å². The molecule has 0 amide bonds. The lowest BCUT2D eigenvalue weighted by atomic mass is 10.0. The minimum atomic E-state index is -4.27.